The van der Waals surface area contributed by atoms with Crippen LogP contribution in [0.15, 0.2) is 36.8 Å². The summed E-state index contributed by atoms with van der Waals surface area (Å²) in [5, 5.41) is 0.970. The lowest BCUT2D eigenvalue weighted by Crippen LogP contribution is -1.91. The topological polar surface area (TPSA) is 64.7 Å². The molecule has 0 aliphatic carbocycles. The average Bonchev–Trinajstić information content (AvgIpc) is 2.87. The molecule has 5 heteroatoms. The first-order chi connectivity index (χ1) is 8.36. The number of benzene rings is 1. The average molecular weight is 242 g/mol. The summed E-state index contributed by atoms with van der Waals surface area (Å²) in [6, 6.07) is 5.97. The molecule has 2 N–H and O–H groups in total. The van der Waals surface area contributed by atoms with Crippen molar-refractivity contribution < 1.29 is 0 Å². The van der Waals surface area contributed by atoms with Gasteiger partial charge >= 0.3 is 0 Å². The summed E-state index contributed by atoms with van der Waals surface area (Å²) in [5.41, 5.74) is 8.42. The van der Waals surface area contributed by atoms with Gasteiger partial charge in [0.05, 0.1) is 11.0 Å². The Balaban J connectivity index is 2.11. The summed E-state index contributed by atoms with van der Waals surface area (Å²) < 4.78 is 0. The molecule has 0 spiro atoms. The SMILES string of the molecule is NCc1cnc(-c2ccc3nccnc3c2)s1. The summed E-state index contributed by atoms with van der Waals surface area (Å²) in [5.74, 6) is 0. The first kappa shape index (κ1) is 10.3. The summed E-state index contributed by atoms with van der Waals surface area (Å²) in [4.78, 5) is 14.0. The van der Waals surface area contributed by atoms with Crippen LogP contribution < -0.4 is 5.73 Å². The van der Waals surface area contributed by atoms with Gasteiger partial charge in [-0.05, 0) is 18.2 Å². The van der Waals surface area contributed by atoms with Crippen molar-refractivity contribution in [3.05, 3.63) is 41.7 Å². The third-order valence-corrected chi connectivity index (χ3v) is 3.54. The lowest BCUT2D eigenvalue weighted by atomic mass is 10.2. The van der Waals surface area contributed by atoms with Crippen molar-refractivity contribution in [2.75, 3.05) is 0 Å². The highest BCUT2D eigenvalue weighted by atomic mass is 32.1. The molecule has 0 amide bonds. The van der Waals surface area contributed by atoms with Gasteiger partial charge in [0, 0.05) is 35.6 Å². The van der Waals surface area contributed by atoms with Crippen molar-refractivity contribution in [2.24, 2.45) is 5.73 Å². The molecule has 0 unspecified atom stereocenters. The maximum absolute atomic E-state index is 5.58. The third-order valence-electron chi connectivity index (χ3n) is 2.47. The molecule has 0 aliphatic heterocycles. The van der Waals surface area contributed by atoms with E-state index >= 15 is 0 Å². The van der Waals surface area contributed by atoms with Crippen LogP contribution in [0.5, 0.6) is 0 Å². The minimum absolute atomic E-state index is 0.533. The summed E-state index contributed by atoms with van der Waals surface area (Å²) in [7, 11) is 0. The quantitative estimate of drug-likeness (QED) is 0.748. The van der Waals surface area contributed by atoms with E-state index in [1.807, 2.05) is 24.4 Å². The first-order valence-corrected chi connectivity index (χ1v) is 6.04. The van der Waals surface area contributed by atoms with E-state index in [4.69, 9.17) is 5.73 Å². The van der Waals surface area contributed by atoms with E-state index in [0.717, 1.165) is 26.5 Å². The molecular weight excluding hydrogens is 232 g/mol. The fourth-order valence-electron chi connectivity index (χ4n) is 1.63. The van der Waals surface area contributed by atoms with Gasteiger partial charge in [0.1, 0.15) is 5.01 Å². The van der Waals surface area contributed by atoms with Crippen molar-refractivity contribution >= 4 is 22.4 Å². The molecule has 4 nitrogen and oxygen atoms in total. The van der Waals surface area contributed by atoms with E-state index in [9.17, 15) is 0 Å². The zero-order chi connectivity index (χ0) is 11.7. The van der Waals surface area contributed by atoms with Gasteiger partial charge in [0.25, 0.3) is 0 Å². The highest BCUT2D eigenvalue weighted by Gasteiger charge is 2.05. The van der Waals surface area contributed by atoms with Gasteiger partial charge in [-0.15, -0.1) is 11.3 Å². The van der Waals surface area contributed by atoms with Crippen LogP contribution in [0.1, 0.15) is 4.88 Å². The summed E-state index contributed by atoms with van der Waals surface area (Å²) >= 11 is 1.61. The Morgan fingerprint density at radius 1 is 1.06 bits per heavy atom. The van der Waals surface area contributed by atoms with E-state index in [0.29, 0.717) is 6.54 Å². The molecule has 3 rings (SSSR count). The molecule has 0 fully saturated rings. The van der Waals surface area contributed by atoms with Crippen LogP contribution in [0.4, 0.5) is 0 Å². The van der Waals surface area contributed by atoms with Crippen molar-refractivity contribution in [1.82, 2.24) is 15.0 Å². The number of hydrogen-bond acceptors (Lipinski definition) is 5. The molecule has 1 aromatic carbocycles. The predicted octanol–water partition coefficient (Wildman–Crippen LogP) is 2.21. The molecule has 0 radical (unpaired) electrons. The lowest BCUT2D eigenvalue weighted by Gasteiger charge is -1.98. The Morgan fingerprint density at radius 2 is 1.88 bits per heavy atom. The monoisotopic (exact) mass is 242 g/mol. The maximum atomic E-state index is 5.58. The standard InChI is InChI=1S/C12H10N4S/c13-6-9-7-16-12(17-9)8-1-2-10-11(5-8)15-4-3-14-10/h1-5,7H,6,13H2. The molecule has 0 saturated carbocycles. The fourth-order valence-corrected chi connectivity index (χ4v) is 2.42. The number of nitrogens with zero attached hydrogens (tertiary/aromatic N) is 3. The maximum Gasteiger partial charge on any atom is 0.123 e. The Morgan fingerprint density at radius 3 is 2.65 bits per heavy atom. The lowest BCUT2D eigenvalue weighted by molar-refractivity contribution is 1.10. The zero-order valence-corrected chi connectivity index (χ0v) is 9.81. The van der Waals surface area contributed by atoms with Crippen molar-refractivity contribution in [1.29, 1.82) is 0 Å². The van der Waals surface area contributed by atoms with Gasteiger partial charge in [0.2, 0.25) is 0 Å². The van der Waals surface area contributed by atoms with Crippen LogP contribution in [0.2, 0.25) is 0 Å². The second-order valence-corrected chi connectivity index (χ2v) is 4.71. The van der Waals surface area contributed by atoms with E-state index in [2.05, 4.69) is 15.0 Å². The molecule has 84 valence electrons. The van der Waals surface area contributed by atoms with E-state index < -0.39 is 0 Å². The van der Waals surface area contributed by atoms with Gasteiger partial charge < -0.3 is 5.73 Å². The highest BCUT2D eigenvalue weighted by Crippen LogP contribution is 2.26. The van der Waals surface area contributed by atoms with Crippen LogP contribution in [-0.2, 0) is 6.54 Å². The minimum Gasteiger partial charge on any atom is -0.326 e. The Hall–Kier alpha value is -1.85. The highest BCUT2D eigenvalue weighted by molar-refractivity contribution is 7.15. The molecule has 2 aromatic heterocycles. The number of nitrogens with two attached hydrogens (primary N) is 1. The smallest absolute Gasteiger partial charge is 0.123 e. The molecule has 3 aromatic rings. The van der Waals surface area contributed by atoms with Gasteiger partial charge in [-0.3, -0.25) is 9.97 Å². The van der Waals surface area contributed by atoms with Gasteiger partial charge in [0.15, 0.2) is 0 Å². The van der Waals surface area contributed by atoms with E-state index in [1.165, 1.54) is 0 Å². The van der Waals surface area contributed by atoms with Crippen molar-refractivity contribution in [2.45, 2.75) is 6.54 Å². The van der Waals surface area contributed by atoms with Crippen LogP contribution in [0.25, 0.3) is 21.6 Å². The van der Waals surface area contributed by atoms with Gasteiger partial charge in [-0.1, -0.05) is 0 Å². The van der Waals surface area contributed by atoms with Crippen molar-refractivity contribution in [3.8, 4) is 10.6 Å². The zero-order valence-electron chi connectivity index (χ0n) is 9.00. The third kappa shape index (κ3) is 1.90. The summed E-state index contributed by atoms with van der Waals surface area (Å²) in [6.45, 7) is 0.533. The Labute approximate surface area is 102 Å². The molecule has 0 bridgehead atoms. The number of fused-ring (bicyclic) bond motifs is 1. The molecule has 17 heavy (non-hydrogen) atoms. The molecular formula is C12H10N4S. The molecule has 0 aliphatic rings. The number of aromatic nitrogens is 3. The van der Waals surface area contributed by atoms with Crippen molar-refractivity contribution in [3.63, 3.8) is 0 Å². The molecule has 2 heterocycles. The normalized spacial score (nSPS) is 10.9. The van der Waals surface area contributed by atoms with Crippen LogP contribution in [0, 0.1) is 0 Å². The van der Waals surface area contributed by atoms with Crippen LogP contribution in [0.3, 0.4) is 0 Å². The Kier molecular flexibility index (Phi) is 2.55. The fraction of sp³-hybridized carbons (Fsp3) is 0.0833. The first-order valence-electron chi connectivity index (χ1n) is 5.23. The predicted molar refractivity (Wildman–Crippen MR) is 68.5 cm³/mol. The summed E-state index contributed by atoms with van der Waals surface area (Å²) in [6.07, 6.45) is 5.21. The number of hydrogen-bond donors (Lipinski definition) is 1. The van der Waals surface area contributed by atoms with Crippen LogP contribution >= 0.6 is 11.3 Å². The molecule has 0 atom stereocenters. The molecule has 0 saturated heterocycles. The Bertz CT molecular complexity index is 662. The second-order valence-electron chi connectivity index (χ2n) is 3.60. The number of thiazole rings is 1. The second kappa shape index (κ2) is 4.20. The minimum atomic E-state index is 0.533. The number of rotatable bonds is 2. The van der Waals surface area contributed by atoms with Gasteiger partial charge in [-0.2, -0.15) is 0 Å². The van der Waals surface area contributed by atoms with Gasteiger partial charge in [-0.25, -0.2) is 4.98 Å². The van der Waals surface area contributed by atoms with Crippen LogP contribution in [-0.4, -0.2) is 15.0 Å². The van der Waals surface area contributed by atoms with E-state index in [1.54, 1.807) is 23.7 Å². The largest absolute Gasteiger partial charge is 0.326 e. The van der Waals surface area contributed by atoms with E-state index in [-0.39, 0.29) is 0 Å².